The summed E-state index contributed by atoms with van der Waals surface area (Å²) >= 11 is 0. The van der Waals surface area contributed by atoms with Crippen molar-refractivity contribution in [3.05, 3.63) is 17.0 Å². The lowest BCUT2D eigenvalue weighted by molar-refractivity contribution is -0.147. The van der Waals surface area contributed by atoms with Crippen LogP contribution in [-0.4, -0.2) is 39.5 Å². The molecule has 0 atom stereocenters. The highest BCUT2D eigenvalue weighted by molar-refractivity contribution is 5.80. The Hall–Kier alpha value is -2.06. The van der Waals surface area contributed by atoms with Gasteiger partial charge >= 0.3 is 12.1 Å². The second-order valence-electron chi connectivity index (χ2n) is 6.06. The lowest BCUT2D eigenvalue weighted by atomic mass is 9.94. The molecular weight excluding hydrogens is 315 g/mol. The van der Waals surface area contributed by atoms with E-state index in [-0.39, 0.29) is 18.7 Å². The number of amides is 1. The van der Waals surface area contributed by atoms with Crippen molar-refractivity contribution in [3.8, 4) is 0 Å². The zero-order valence-corrected chi connectivity index (χ0v) is 13.4. The molecule has 0 saturated heterocycles. The van der Waals surface area contributed by atoms with Gasteiger partial charge in [0.1, 0.15) is 6.54 Å². The van der Waals surface area contributed by atoms with E-state index in [2.05, 4.69) is 10.4 Å². The van der Waals surface area contributed by atoms with Gasteiger partial charge in [0.25, 0.3) is 0 Å². The van der Waals surface area contributed by atoms with E-state index < -0.39 is 30.0 Å². The standard InChI is InChI=1S/C14H20F3N3O3/c1-8-10(9(2)20(19-8)7-14(15,16)17)5-11(21)18-6-13(3,4)12(22)23/h5-7H2,1-4H3,(H,18,21)(H,22,23). The highest BCUT2D eigenvalue weighted by atomic mass is 19.4. The van der Waals surface area contributed by atoms with Crippen LogP contribution in [0.1, 0.15) is 30.8 Å². The summed E-state index contributed by atoms with van der Waals surface area (Å²) in [6, 6.07) is 0. The van der Waals surface area contributed by atoms with Crippen molar-refractivity contribution in [2.75, 3.05) is 6.54 Å². The van der Waals surface area contributed by atoms with Crippen LogP contribution < -0.4 is 5.32 Å². The van der Waals surface area contributed by atoms with Crippen LogP contribution in [0, 0.1) is 19.3 Å². The maximum absolute atomic E-state index is 12.5. The average molecular weight is 335 g/mol. The summed E-state index contributed by atoms with van der Waals surface area (Å²) < 4.78 is 38.2. The van der Waals surface area contributed by atoms with Crippen molar-refractivity contribution in [2.24, 2.45) is 5.41 Å². The number of nitrogens with zero attached hydrogens (tertiary/aromatic N) is 2. The number of rotatable bonds is 6. The van der Waals surface area contributed by atoms with Crippen LogP contribution in [0.3, 0.4) is 0 Å². The minimum Gasteiger partial charge on any atom is -0.481 e. The summed E-state index contributed by atoms with van der Waals surface area (Å²) in [5.74, 6) is -1.51. The van der Waals surface area contributed by atoms with Gasteiger partial charge in [0.15, 0.2) is 0 Å². The average Bonchev–Trinajstić information content (AvgIpc) is 2.62. The molecule has 1 heterocycles. The molecule has 0 spiro atoms. The Morgan fingerprint density at radius 3 is 2.30 bits per heavy atom. The van der Waals surface area contributed by atoms with Gasteiger partial charge in [-0.2, -0.15) is 18.3 Å². The van der Waals surface area contributed by atoms with Crippen LogP contribution in [0.5, 0.6) is 0 Å². The van der Waals surface area contributed by atoms with E-state index in [0.29, 0.717) is 11.3 Å². The van der Waals surface area contributed by atoms with Crippen LogP contribution in [0.15, 0.2) is 0 Å². The van der Waals surface area contributed by atoms with Gasteiger partial charge in [0.05, 0.1) is 17.5 Å². The molecule has 0 radical (unpaired) electrons. The molecule has 0 unspecified atom stereocenters. The maximum Gasteiger partial charge on any atom is 0.408 e. The number of carboxylic acid groups (broad SMARTS) is 1. The number of aliphatic carboxylic acids is 1. The summed E-state index contributed by atoms with van der Waals surface area (Å²) in [7, 11) is 0. The molecule has 1 aromatic heterocycles. The van der Waals surface area contributed by atoms with E-state index in [1.165, 1.54) is 27.7 Å². The predicted octanol–water partition coefficient (Wildman–Crippen LogP) is 1.83. The number of aryl methyl sites for hydroxylation is 1. The Morgan fingerprint density at radius 1 is 1.26 bits per heavy atom. The SMILES string of the molecule is Cc1nn(CC(F)(F)F)c(C)c1CC(=O)NCC(C)(C)C(=O)O. The van der Waals surface area contributed by atoms with E-state index in [0.717, 1.165) is 4.68 Å². The van der Waals surface area contributed by atoms with Crippen molar-refractivity contribution < 1.29 is 27.9 Å². The quantitative estimate of drug-likeness (QED) is 0.831. The lowest BCUT2D eigenvalue weighted by Crippen LogP contribution is -2.39. The van der Waals surface area contributed by atoms with Crippen LogP contribution in [-0.2, 0) is 22.6 Å². The number of hydrogen-bond acceptors (Lipinski definition) is 3. The first-order valence-electron chi connectivity index (χ1n) is 6.93. The molecule has 0 saturated carbocycles. The van der Waals surface area contributed by atoms with E-state index in [9.17, 15) is 22.8 Å². The molecule has 1 aromatic rings. The molecule has 130 valence electrons. The van der Waals surface area contributed by atoms with Gasteiger partial charge in [-0.3, -0.25) is 14.3 Å². The second kappa shape index (κ2) is 6.59. The molecule has 0 aliphatic rings. The van der Waals surface area contributed by atoms with Crippen molar-refractivity contribution in [1.29, 1.82) is 0 Å². The summed E-state index contributed by atoms with van der Waals surface area (Å²) in [4.78, 5) is 22.9. The number of halogens is 3. The topological polar surface area (TPSA) is 84.2 Å². The normalized spacial score (nSPS) is 12.3. The summed E-state index contributed by atoms with van der Waals surface area (Å²) in [5.41, 5.74) is -0.0908. The summed E-state index contributed by atoms with van der Waals surface area (Å²) in [5, 5.41) is 15.3. The fourth-order valence-electron chi connectivity index (χ4n) is 1.93. The number of hydrogen-bond donors (Lipinski definition) is 2. The molecule has 1 amide bonds. The molecule has 0 aliphatic heterocycles. The zero-order chi connectivity index (χ0) is 18.0. The first kappa shape index (κ1) is 19.0. The van der Waals surface area contributed by atoms with E-state index in [1.807, 2.05) is 0 Å². The second-order valence-corrected chi connectivity index (χ2v) is 6.06. The number of alkyl halides is 3. The zero-order valence-electron chi connectivity index (χ0n) is 13.4. The Labute approximate surface area is 131 Å². The minimum absolute atomic E-state index is 0.0735. The number of aromatic nitrogens is 2. The number of nitrogens with one attached hydrogen (secondary N) is 1. The molecule has 0 fully saturated rings. The Bertz CT molecular complexity index is 606. The van der Waals surface area contributed by atoms with Gasteiger partial charge in [0, 0.05) is 17.8 Å². The molecule has 6 nitrogen and oxygen atoms in total. The third-order valence-electron chi connectivity index (χ3n) is 3.50. The van der Waals surface area contributed by atoms with Gasteiger partial charge in [0.2, 0.25) is 5.91 Å². The Kier molecular flexibility index (Phi) is 5.44. The molecule has 1 rings (SSSR count). The highest BCUT2D eigenvalue weighted by Gasteiger charge is 2.31. The van der Waals surface area contributed by atoms with Gasteiger partial charge in [-0.15, -0.1) is 0 Å². The van der Waals surface area contributed by atoms with Gasteiger partial charge < -0.3 is 10.4 Å². The predicted molar refractivity (Wildman–Crippen MR) is 75.9 cm³/mol. The van der Waals surface area contributed by atoms with Crippen LogP contribution in [0.4, 0.5) is 13.2 Å². The molecule has 0 aromatic carbocycles. The molecule has 0 bridgehead atoms. The Morgan fingerprint density at radius 2 is 1.83 bits per heavy atom. The molecule has 0 aliphatic carbocycles. The number of carbonyl (C=O) groups is 2. The first-order valence-corrected chi connectivity index (χ1v) is 6.93. The van der Waals surface area contributed by atoms with Gasteiger partial charge in [-0.05, 0) is 27.7 Å². The third kappa shape index (κ3) is 5.26. The minimum atomic E-state index is -4.39. The van der Waals surface area contributed by atoms with Gasteiger partial charge in [-0.25, -0.2) is 0 Å². The summed E-state index contributed by atoms with van der Waals surface area (Å²) in [6.07, 6.45) is -4.54. The lowest BCUT2D eigenvalue weighted by Gasteiger charge is -2.19. The van der Waals surface area contributed by atoms with Crippen molar-refractivity contribution in [3.63, 3.8) is 0 Å². The fourth-order valence-corrected chi connectivity index (χ4v) is 1.93. The van der Waals surface area contributed by atoms with Crippen molar-refractivity contribution in [1.82, 2.24) is 15.1 Å². The largest absolute Gasteiger partial charge is 0.481 e. The first-order chi connectivity index (χ1) is 10.3. The molecular formula is C14H20F3N3O3. The molecule has 23 heavy (non-hydrogen) atoms. The maximum atomic E-state index is 12.5. The highest BCUT2D eigenvalue weighted by Crippen LogP contribution is 2.21. The number of carboxylic acids is 1. The van der Waals surface area contributed by atoms with Crippen LogP contribution in [0.25, 0.3) is 0 Å². The van der Waals surface area contributed by atoms with Crippen molar-refractivity contribution >= 4 is 11.9 Å². The monoisotopic (exact) mass is 335 g/mol. The molecule has 2 N–H and O–H groups in total. The van der Waals surface area contributed by atoms with E-state index in [4.69, 9.17) is 5.11 Å². The van der Waals surface area contributed by atoms with Crippen molar-refractivity contribution in [2.45, 2.75) is 46.8 Å². The fraction of sp³-hybridized carbons (Fsp3) is 0.643. The van der Waals surface area contributed by atoms with Gasteiger partial charge in [-0.1, -0.05) is 0 Å². The number of carbonyl (C=O) groups excluding carboxylic acids is 1. The molecule has 9 heteroatoms. The summed E-state index contributed by atoms with van der Waals surface area (Å²) in [6.45, 7) is 4.64. The van der Waals surface area contributed by atoms with Crippen LogP contribution >= 0.6 is 0 Å². The smallest absolute Gasteiger partial charge is 0.408 e. The van der Waals surface area contributed by atoms with E-state index in [1.54, 1.807) is 0 Å². The Balaban J connectivity index is 2.78. The van der Waals surface area contributed by atoms with E-state index >= 15 is 0 Å². The van der Waals surface area contributed by atoms with Crippen LogP contribution in [0.2, 0.25) is 0 Å². The third-order valence-corrected chi connectivity index (χ3v) is 3.50.